The minimum atomic E-state index is -0.210. The number of amides is 1. The summed E-state index contributed by atoms with van der Waals surface area (Å²) in [7, 11) is 3.17. The molecule has 0 saturated heterocycles. The molecule has 0 aliphatic heterocycles. The van der Waals surface area contributed by atoms with Crippen molar-refractivity contribution in [2.45, 2.75) is 19.8 Å². The summed E-state index contributed by atoms with van der Waals surface area (Å²) in [6.07, 6.45) is 0.267. The minimum Gasteiger partial charge on any atom is -0.493 e. The summed E-state index contributed by atoms with van der Waals surface area (Å²) in [5, 5.41) is 2.92. The Bertz CT molecular complexity index is 1270. The quantitative estimate of drug-likeness (QED) is 0.367. The zero-order valence-electron chi connectivity index (χ0n) is 18.8. The number of rotatable bonds is 8. The van der Waals surface area contributed by atoms with Gasteiger partial charge in [-0.1, -0.05) is 42.5 Å². The average Bonchev–Trinajstić information content (AvgIpc) is 3.26. The predicted octanol–water partition coefficient (Wildman–Crippen LogP) is 5.16. The maximum Gasteiger partial charge on any atom is 0.224 e. The molecular formula is C26H25N3O4. The monoisotopic (exact) mass is 443 g/mol. The first-order chi connectivity index (χ1) is 16.0. The number of methoxy groups -OCH3 is 2. The number of aryl methyl sites for hydroxylation is 1. The van der Waals surface area contributed by atoms with Crippen molar-refractivity contribution < 1.29 is 19.1 Å². The number of benzene rings is 3. The fourth-order valence-corrected chi connectivity index (χ4v) is 3.59. The van der Waals surface area contributed by atoms with E-state index in [9.17, 15) is 9.59 Å². The van der Waals surface area contributed by atoms with E-state index in [4.69, 9.17) is 9.47 Å². The number of hydrogen-bond donors (Lipinski definition) is 2. The molecule has 0 saturated carbocycles. The van der Waals surface area contributed by atoms with Crippen LogP contribution in [0.4, 0.5) is 5.69 Å². The Morgan fingerprint density at radius 3 is 2.39 bits per heavy atom. The zero-order valence-corrected chi connectivity index (χ0v) is 18.8. The van der Waals surface area contributed by atoms with Gasteiger partial charge in [-0.25, -0.2) is 4.98 Å². The van der Waals surface area contributed by atoms with E-state index in [0.29, 0.717) is 28.6 Å². The molecule has 4 rings (SSSR count). The topological polar surface area (TPSA) is 93.3 Å². The number of Topliss-reactive ketones (excluding diaryl/α,β-unsaturated/α-hetero) is 1. The molecule has 2 N–H and O–H groups in total. The van der Waals surface area contributed by atoms with Crippen LogP contribution in [-0.4, -0.2) is 35.9 Å². The summed E-state index contributed by atoms with van der Waals surface area (Å²) < 4.78 is 10.7. The SMILES string of the molecule is COc1cc2nc(-c3ccc(C)c(NC(=O)CCC(=O)c4ccccc4)c3)[nH]c2cc1OC. The molecule has 7 heteroatoms. The highest BCUT2D eigenvalue weighted by atomic mass is 16.5. The van der Waals surface area contributed by atoms with Crippen LogP contribution in [0.3, 0.4) is 0 Å². The van der Waals surface area contributed by atoms with Crippen molar-refractivity contribution in [3.8, 4) is 22.9 Å². The lowest BCUT2D eigenvalue weighted by Gasteiger charge is -2.10. The molecule has 3 aromatic carbocycles. The second-order valence-electron chi connectivity index (χ2n) is 7.68. The molecule has 0 spiro atoms. The molecule has 0 aliphatic rings. The first-order valence-electron chi connectivity index (χ1n) is 10.6. The highest BCUT2D eigenvalue weighted by Crippen LogP contribution is 2.33. The Labute approximate surface area is 191 Å². The van der Waals surface area contributed by atoms with Gasteiger partial charge in [0.05, 0.1) is 25.3 Å². The van der Waals surface area contributed by atoms with Crippen molar-refractivity contribution in [2.24, 2.45) is 0 Å². The summed E-state index contributed by atoms with van der Waals surface area (Å²) in [5.74, 6) is 1.62. The largest absolute Gasteiger partial charge is 0.493 e. The molecule has 1 aromatic heterocycles. The average molecular weight is 444 g/mol. The summed E-state index contributed by atoms with van der Waals surface area (Å²) >= 11 is 0. The molecule has 1 amide bonds. The van der Waals surface area contributed by atoms with Crippen LogP contribution in [0.2, 0.25) is 0 Å². The van der Waals surface area contributed by atoms with Crippen LogP contribution in [0, 0.1) is 6.92 Å². The highest BCUT2D eigenvalue weighted by molar-refractivity contribution is 6.00. The van der Waals surface area contributed by atoms with E-state index in [-0.39, 0.29) is 24.5 Å². The van der Waals surface area contributed by atoms with Crippen molar-refractivity contribution >= 4 is 28.4 Å². The summed E-state index contributed by atoms with van der Waals surface area (Å²) in [4.78, 5) is 32.7. The zero-order chi connectivity index (χ0) is 23.4. The van der Waals surface area contributed by atoms with Gasteiger partial charge in [0.1, 0.15) is 5.82 Å². The fourth-order valence-electron chi connectivity index (χ4n) is 3.59. The second kappa shape index (κ2) is 9.56. The number of nitrogens with one attached hydrogen (secondary N) is 2. The van der Waals surface area contributed by atoms with Gasteiger partial charge in [-0.3, -0.25) is 9.59 Å². The van der Waals surface area contributed by atoms with Crippen LogP contribution in [-0.2, 0) is 4.79 Å². The van der Waals surface area contributed by atoms with Crippen LogP contribution in [0.1, 0.15) is 28.8 Å². The molecular weight excluding hydrogens is 418 g/mol. The minimum absolute atomic E-state index is 0.0515. The van der Waals surface area contributed by atoms with Gasteiger partial charge in [-0.05, 0) is 18.6 Å². The van der Waals surface area contributed by atoms with Gasteiger partial charge in [0.2, 0.25) is 5.91 Å². The van der Waals surface area contributed by atoms with E-state index in [1.807, 2.05) is 55.5 Å². The molecule has 0 unspecified atom stereocenters. The Morgan fingerprint density at radius 1 is 0.939 bits per heavy atom. The molecule has 0 atom stereocenters. The molecule has 168 valence electrons. The number of aromatic amines is 1. The Balaban J connectivity index is 1.50. The van der Waals surface area contributed by atoms with Gasteiger partial charge >= 0.3 is 0 Å². The first kappa shape index (κ1) is 22.1. The summed E-state index contributed by atoms with van der Waals surface area (Å²) in [6, 6.07) is 18.4. The Hall–Kier alpha value is -4.13. The van der Waals surface area contributed by atoms with Gasteiger partial charge in [-0.2, -0.15) is 0 Å². The first-order valence-corrected chi connectivity index (χ1v) is 10.6. The van der Waals surface area contributed by atoms with Crippen LogP contribution >= 0.6 is 0 Å². The highest BCUT2D eigenvalue weighted by Gasteiger charge is 2.14. The molecule has 0 radical (unpaired) electrons. The van der Waals surface area contributed by atoms with E-state index >= 15 is 0 Å². The number of carbonyl (C=O) groups is 2. The molecule has 0 aliphatic carbocycles. The van der Waals surface area contributed by atoms with E-state index in [2.05, 4.69) is 15.3 Å². The molecule has 4 aromatic rings. The lowest BCUT2D eigenvalue weighted by Crippen LogP contribution is -2.14. The van der Waals surface area contributed by atoms with E-state index in [0.717, 1.165) is 22.2 Å². The van der Waals surface area contributed by atoms with Crippen LogP contribution < -0.4 is 14.8 Å². The van der Waals surface area contributed by atoms with Gasteiger partial charge in [0.15, 0.2) is 17.3 Å². The maximum atomic E-state index is 12.5. The molecule has 1 heterocycles. The summed E-state index contributed by atoms with van der Waals surface area (Å²) in [6.45, 7) is 1.92. The third-order valence-electron chi connectivity index (χ3n) is 5.45. The van der Waals surface area contributed by atoms with Crippen LogP contribution in [0.25, 0.3) is 22.4 Å². The van der Waals surface area contributed by atoms with Crippen molar-refractivity contribution in [3.63, 3.8) is 0 Å². The van der Waals surface area contributed by atoms with Gasteiger partial charge in [0.25, 0.3) is 0 Å². The van der Waals surface area contributed by atoms with Gasteiger partial charge in [0, 0.05) is 41.8 Å². The number of fused-ring (bicyclic) bond motifs is 1. The number of ether oxygens (including phenoxy) is 2. The Morgan fingerprint density at radius 2 is 1.67 bits per heavy atom. The van der Waals surface area contributed by atoms with Crippen molar-refractivity contribution in [3.05, 3.63) is 71.8 Å². The van der Waals surface area contributed by atoms with E-state index in [1.54, 1.807) is 26.4 Å². The van der Waals surface area contributed by atoms with Crippen molar-refractivity contribution in [2.75, 3.05) is 19.5 Å². The number of H-pyrrole nitrogens is 1. The number of anilines is 1. The third kappa shape index (κ3) is 4.87. The molecule has 33 heavy (non-hydrogen) atoms. The number of nitrogens with zero attached hydrogens (tertiary/aromatic N) is 1. The predicted molar refractivity (Wildman–Crippen MR) is 128 cm³/mol. The number of hydrogen-bond acceptors (Lipinski definition) is 5. The van der Waals surface area contributed by atoms with Gasteiger partial charge < -0.3 is 19.8 Å². The number of imidazole rings is 1. The van der Waals surface area contributed by atoms with Crippen molar-refractivity contribution in [1.82, 2.24) is 9.97 Å². The smallest absolute Gasteiger partial charge is 0.224 e. The number of carbonyl (C=O) groups excluding carboxylic acids is 2. The van der Waals surface area contributed by atoms with Gasteiger partial charge in [-0.15, -0.1) is 0 Å². The van der Waals surface area contributed by atoms with E-state index < -0.39 is 0 Å². The summed E-state index contributed by atoms with van der Waals surface area (Å²) in [5.41, 5.74) is 4.59. The maximum absolute atomic E-state index is 12.5. The van der Waals surface area contributed by atoms with Crippen LogP contribution in [0.5, 0.6) is 11.5 Å². The Kier molecular flexibility index (Phi) is 6.40. The molecule has 0 bridgehead atoms. The lowest BCUT2D eigenvalue weighted by atomic mass is 10.1. The van der Waals surface area contributed by atoms with Crippen molar-refractivity contribution in [1.29, 1.82) is 0 Å². The molecule has 0 fully saturated rings. The third-order valence-corrected chi connectivity index (χ3v) is 5.45. The van der Waals surface area contributed by atoms with Crippen LogP contribution in [0.15, 0.2) is 60.7 Å². The van der Waals surface area contributed by atoms with E-state index in [1.165, 1.54) is 0 Å². The fraction of sp³-hybridized carbons (Fsp3) is 0.192. The second-order valence-corrected chi connectivity index (χ2v) is 7.68. The number of ketones is 1. The lowest BCUT2D eigenvalue weighted by molar-refractivity contribution is -0.116. The standard InChI is InChI=1S/C26H25N3O4/c1-16-9-10-18(26-28-20-14-23(32-2)24(33-3)15-21(20)29-26)13-19(16)27-25(31)12-11-22(30)17-7-5-4-6-8-17/h4-10,13-15H,11-12H2,1-3H3,(H,27,31)(H,28,29). The number of aromatic nitrogens is 2. The normalized spacial score (nSPS) is 10.8. The molecule has 7 nitrogen and oxygen atoms in total.